The summed E-state index contributed by atoms with van der Waals surface area (Å²) < 4.78 is 13.9. The van der Waals surface area contributed by atoms with Crippen molar-refractivity contribution in [2.24, 2.45) is 7.05 Å². The van der Waals surface area contributed by atoms with E-state index in [4.69, 9.17) is 14.5 Å². The van der Waals surface area contributed by atoms with Gasteiger partial charge in [-0.3, -0.25) is 9.78 Å². The summed E-state index contributed by atoms with van der Waals surface area (Å²) >= 11 is 0. The van der Waals surface area contributed by atoms with E-state index in [1.165, 1.54) is 0 Å². The molecule has 3 aromatic carbocycles. The van der Waals surface area contributed by atoms with Gasteiger partial charge in [-0.25, -0.2) is 4.98 Å². The molecule has 0 aliphatic heterocycles. The van der Waals surface area contributed by atoms with Gasteiger partial charge in [0.1, 0.15) is 28.8 Å². The molecule has 0 saturated heterocycles. The zero-order chi connectivity index (χ0) is 24.2. The number of nitrogens with zero attached hydrogens (tertiary/aromatic N) is 3. The molecule has 7 nitrogen and oxygen atoms in total. The van der Waals surface area contributed by atoms with Crippen LogP contribution in [0.2, 0.25) is 0 Å². The Morgan fingerprint density at radius 3 is 2.31 bits per heavy atom. The maximum Gasteiger partial charge on any atom is 0.208 e. The van der Waals surface area contributed by atoms with Crippen LogP contribution in [0.5, 0.6) is 23.0 Å². The molecule has 2 heterocycles. The first-order chi connectivity index (χ1) is 17.0. The van der Waals surface area contributed by atoms with Crippen LogP contribution < -0.4 is 14.8 Å². The lowest BCUT2D eigenvalue weighted by Crippen LogP contribution is -1.99. The van der Waals surface area contributed by atoms with Crippen molar-refractivity contribution in [3.8, 4) is 23.0 Å². The second kappa shape index (κ2) is 9.69. The Balaban J connectivity index is 1.31. The molecule has 0 bridgehead atoms. The molecule has 1 N–H and O–H groups in total. The topological polar surface area (TPSA) is 78.3 Å². The summed E-state index contributed by atoms with van der Waals surface area (Å²) in [7, 11) is 1.96. The summed E-state index contributed by atoms with van der Waals surface area (Å²) in [6.45, 7) is 1.54. The number of ketones is 1. The van der Waals surface area contributed by atoms with Gasteiger partial charge in [-0.15, -0.1) is 0 Å². The van der Waals surface area contributed by atoms with Crippen LogP contribution >= 0.6 is 0 Å². The number of rotatable bonds is 8. The number of anilines is 2. The number of carbonyl (C=O) groups excluding carboxylic acids is 1. The highest BCUT2D eigenvalue weighted by molar-refractivity contribution is 5.81. The summed E-state index contributed by atoms with van der Waals surface area (Å²) in [5, 5.41) is 3.36. The Bertz CT molecular complexity index is 1480. The van der Waals surface area contributed by atoms with Crippen molar-refractivity contribution in [1.82, 2.24) is 14.5 Å². The number of benzene rings is 3. The van der Waals surface area contributed by atoms with Gasteiger partial charge in [-0.1, -0.05) is 18.2 Å². The Labute approximate surface area is 203 Å². The Morgan fingerprint density at radius 1 is 0.857 bits per heavy atom. The van der Waals surface area contributed by atoms with Gasteiger partial charge in [0.25, 0.3) is 0 Å². The number of Topliss-reactive ketones (excluding diaryl/α,β-unsaturated/α-hetero) is 1. The molecule has 5 rings (SSSR count). The minimum Gasteiger partial charge on any atom is -0.457 e. The van der Waals surface area contributed by atoms with E-state index < -0.39 is 0 Å². The first kappa shape index (κ1) is 22.2. The molecular weight excluding hydrogens is 440 g/mol. The maximum atomic E-state index is 11.4. The van der Waals surface area contributed by atoms with Gasteiger partial charge in [0, 0.05) is 37.5 Å². The number of imidazole rings is 1. The fourth-order valence-electron chi connectivity index (χ4n) is 3.72. The van der Waals surface area contributed by atoms with E-state index in [1.54, 1.807) is 25.3 Å². The lowest BCUT2D eigenvalue weighted by atomic mass is 10.2. The summed E-state index contributed by atoms with van der Waals surface area (Å²) in [6.07, 6.45) is 1.93. The molecule has 0 atom stereocenters. The molecule has 2 aromatic heterocycles. The Hall–Kier alpha value is -4.65. The summed E-state index contributed by atoms with van der Waals surface area (Å²) in [6, 6.07) is 26.7. The quantitative estimate of drug-likeness (QED) is 0.285. The zero-order valence-corrected chi connectivity index (χ0v) is 19.4. The molecule has 0 aliphatic rings. The number of pyridine rings is 1. The van der Waals surface area contributed by atoms with Gasteiger partial charge in [0.15, 0.2) is 0 Å². The highest BCUT2D eigenvalue weighted by Crippen LogP contribution is 2.29. The van der Waals surface area contributed by atoms with Crippen LogP contribution in [0.1, 0.15) is 12.6 Å². The third-order valence-electron chi connectivity index (χ3n) is 5.40. The van der Waals surface area contributed by atoms with Crippen molar-refractivity contribution in [2.45, 2.75) is 13.3 Å². The number of hydrogen-bond donors (Lipinski definition) is 1. The molecule has 5 aromatic rings. The van der Waals surface area contributed by atoms with E-state index >= 15 is 0 Å². The van der Waals surface area contributed by atoms with Crippen LogP contribution in [-0.4, -0.2) is 20.3 Å². The summed E-state index contributed by atoms with van der Waals surface area (Å²) in [5.74, 6) is 3.61. The summed E-state index contributed by atoms with van der Waals surface area (Å²) in [4.78, 5) is 20.3. The van der Waals surface area contributed by atoms with Gasteiger partial charge < -0.3 is 19.4 Å². The lowest BCUT2D eigenvalue weighted by Gasteiger charge is -2.09. The van der Waals surface area contributed by atoms with Crippen LogP contribution in [0, 0.1) is 0 Å². The number of fused-ring (bicyclic) bond motifs is 1. The predicted molar refractivity (Wildman–Crippen MR) is 136 cm³/mol. The number of para-hydroxylation sites is 1. The van der Waals surface area contributed by atoms with Gasteiger partial charge in [0.2, 0.25) is 5.95 Å². The second-order valence-electron chi connectivity index (χ2n) is 8.17. The van der Waals surface area contributed by atoms with Crippen molar-refractivity contribution >= 4 is 28.5 Å². The van der Waals surface area contributed by atoms with Crippen molar-refractivity contribution in [2.75, 3.05) is 5.32 Å². The molecular formula is C28H24N4O3. The molecule has 35 heavy (non-hydrogen) atoms. The first-order valence-corrected chi connectivity index (χ1v) is 11.2. The summed E-state index contributed by atoms with van der Waals surface area (Å²) in [5.41, 5.74) is 3.35. The highest BCUT2D eigenvalue weighted by atomic mass is 16.5. The maximum absolute atomic E-state index is 11.4. The van der Waals surface area contributed by atoms with Gasteiger partial charge in [-0.05, 0) is 61.5 Å². The fourth-order valence-corrected chi connectivity index (χ4v) is 3.72. The van der Waals surface area contributed by atoms with Gasteiger partial charge >= 0.3 is 0 Å². The average molecular weight is 465 g/mol. The molecule has 174 valence electrons. The highest BCUT2D eigenvalue weighted by Gasteiger charge is 2.10. The van der Waals surface area contributed by atoms with Gasteiger partial charge in [-0.2, -0.15) is 0 Å². The first-order valence-electron chi connectivity index (χ1n) is 11.2. The van der Waals surface area contributed by atoms with Crippen LogP contribution in [-0.2, 0) is 18.3 Å². The minimum atomic E-state index is 0.0583. The van der Waals surface area contributed by atoms with E-state index in [-0.39, 0.29) is 12.2 Å². The molecule has 0 unspecified atom stereocenters. The molecule has 0 amide bonds. The molecule has 0 aliphatic carbocycles. The number of carbonyl (C=O) groups is 1. The smallest absolute Gasteiger partial charge is 0.208 e. The van der Waals surface area contributed by atoms with Crippen molar-refractivity contribution < 1.29 is 14.3 Å². The van der Waals surface area contributed by atoms with Crippen LogP contribution in [0.15, 0.2) is 91.1 Å². The predicted octanol–water partition coefficient (Wildman–Crippen LogP) is 6.43. The van der Waals surface area contributed by atoms with Crippen molar-refractivity contribution in [1.29, 1.82) is 0 Å². The number of hydrogen-bond acceptors (Lipinski definition) is 6. The molecule has 7 heteroatoms. The van der Waals surface area contributed by atoms with Crippen LogP contribution in [0.4, 0.5) is 11.6 Å². The number of aryl methyl sites for hydroxylation is 1. The van der Waals surface area contributed by atoms with Crippen LogP contribution in [0.3, 0.4) is 0 Å². The molecule has 0 spiro atoms. The minimum absolute atomic E-state index is 0.0583. The number of aromatic nitrogens is 3. The third-order valence-corrected chi connectivity index (χ3v) is 5.40. The number of nitrogens with one attached hydrogen (secondary N) is 1. The van der Waals surface area contributed by atoms with E-state index in [0.717, 1.165) is 28.2 Å². The van der Waals surface area contributed by atoms with Crippen molar-refractivity contribution in [3.05, 3.63) is 96.8 Å². The fraction of sp³-hybridized carbons (Fsp3) is 0.107. The third kappa shape index (κ3) is 5.30. The van der Waals surface area contributed by atoms with E-state index in [0.29, 0.717) is 23.1 Å². The van der Waals surface area contributed by atoms with E-state index in [2.05, 4.69) is 10.3 Å². The Morgan fingerprint density at radius 2 is 1.54 bits per heavy atom. The lowest BCUT2D eigenvalue weighted by molar-refractivity contribution is -0.116. The average Bonchev–Trinajstić information content (AvgIpc) is 3.15. The molecule has 0 fully saturated rings. The molecule has 0 saturated carbocycles. The van der Waals surface area contributed by atoms with Crippen LogP contribution in [0.25, 0.3) is 11.0 Å². The normalized spacial score (nSPS) is 10.8. The standard InChI is InChI=1S/C28H24N4O3/c1-19(33)16-21-17-25(14-15-29-21)35-24-12-13-27-26(18-24)31-28(32(27)2)30-20-8-10-23(11-9-20)34-22-6-4-3-5-7-22/h3-15,17-18H,16H2,1-2H3,(H,30,31). The second-order valence-corrected chi connectivity index (χ2v) is 8.17. The van der Waals surface area contributed by atoms with Gasteiger partial charge in [0.05, 0.1) is 16.7 Å². The van der Waals surface area contributed by atoms with E-state index in [1.807, 2.05) is 84.4 Å². The van der Waals surface area contributed by atoms with E-state index in [9.17, 15) is 4.79 Å². The Kier molecular flexibility index (Phi) is 6.13. The largest absolute Gasteiger partial charge is 0.457 e. The SMILES string of the molecule is CC(=O)Cc1cc(Oc2ccc3c(c2)nc(Nc2ccc(Oc4ccccc4)cc2)n3C)ccn1. The number of ether oxygens (including phenoxy) is 2. The monoisotopic (exact) mass is 464 g/mol. The molecule has 0 radical (unpaired) electrons. The van der Waals surface area contributed by atoms with Crippen molar-refractivity contribution in [3.63, 3.8) is 0 Å². The zero-order valence-electron chi connectivity index (χ0n) is 19.4.